The molecule has 0 heterocycles. The number of hydrogen-bond donors (Lipinski definition) is 14. The maximum Gasteiger partial charge on any atom is 0.524 e. The highest BCUT2D eigenvalue weighted by atomic mass is 31.2. The fourth-order valence-electron chi connectivity index (χ4n) is 6.58. The molecule has 0 amide bonds. The van der Waals surface area contributed by atoms with Gasteiger partial charge < -0.3 is 85.5 Å². The first-order valence-corrected chi connectivity index (χ1v) is 38.5. The quantitative estimate of drug-likeness (QED) is 0.0144. The van der Waals surface area contributed by atoms with Crippen molar-refractivity contribution in [1.29, 1.82) is 0 Å². The fraction of sp³-hybridized carbons (Fsp3) is 0.429. The van der Waals surface area contributed by atoms with Crippen LogP contribution in [0.1, 0.15) is 52.7 Å². The first-order chi connectivity index (χ1) is 41.5. The van der Waals surface area contributed by atoms with E-state index in [2.05, 4.69) is 55.5 Å². The number of rotatable bonds is 39. The highest BCUT2D eigenvalue weighted by Gasteiger charge is 2.36. The highest BCUT2D eigenvalue weighted by molar-refractivity contribution is 7.52. The van der Waals surface area contributed by atoms with Crippen LogP contribution in [0.5, 0.6) is 40.2 Å². The Balaban J connectivity index is -0.00000120. The molecule has 0 radical (unpaired) electrons. The lowest BCUT2D eigenvalue weighted by atomic mass is 9.77. The van der Waals surface area contributed by atoms with Crippen LogP contribution in [-0.2, 0) is 69.5 Å². The van der Waals surface area contributed by atoms with Crippen molar-refractivity contribution < 1.29 is 166 Å². The summed E-state index contributed by atoms with van der Waals surface area (Å²) in [5.74, 6) is -0.342. The van der Waals surface area contributed by atoms with E-state index in [9.17, 15) is 41.4 Å². The third-order valence-corrected chi connectivity index (χ3v) is 14.2. The van der Waals surface area contributed by atoms with Crippen LogP contribution in [-0.4, -0.2) is 154 Å². The monoisotopic (exact) mass is 1480 g/mol. The lowest BCUT2D eigenvalue weighted by Crippen LogP contribution is -2.36. The van der Waals surface area contributed by atoms with E-state index in [1.54, 1.807) is 31.2 Å². The molecule has 0 bridgehead atoms. The van der Waals surface area contributed by atoms with E-state index in [4.69, 9.17) is 101 Å². The minimum atomic E-state index is -4.89. The van der Waals surface area contributed by atoms with E-state index in [-0.39, 0.29) is 85.6 Å². The number of phosphoric ester groups is 6. The van der Waals surface area contributed by atoms with Gasteiger partial charge in [-0.15, -0.1) is 13.2 Å². The van der Waals surface area contributed by atoms with Gasteiger partial charge in [0.15, 0.2) is 11.5 Å². The normalized spacial score (nSPS) is 14.2. The molecule has 0 aliphatic carbocycles. The summed E-state index contributed by atoms with van der Waals surface area (Å²) in [7, 11) is -36.2. The van der Waals surface area contributed by atoms with Gasteiger partial charge in [-0.05, 0) is 43.2 Å². The van der Waals surface area contributed by atoms with E-state index in [0.717, 1.165) is 13.3 Å². The number of ether oxygens (including phenoxy) is 5. The summed E-state index contributed by atoms with van der Waals surface area (Å²) >= 11 is 0. The van der Waals surface area contributed by atoms with Crippen molar-refractivity contribution in [3.63, 3.8) is 0 Å². The second kappa shape index (κ2) is 40.5. The molecule has 35 nitrogen and oxygen atoms in total. The van der Waals surface area contributed by atoms with Gasteiger partial charge in [0.25, 0.3) is 0 Å². The molecule has 43 heteroatoms. The maximum atomic E-state index is 11.7. The molecule has 4 atom stereocenters. The Hall–Kier alpha value is -4.00. The van der Waals surface area contributed by atoms with E-state index in [1.165, 1.54) is 61.6 Å². The van der Waals surface area contributed by atoms with E-state index in [0.29, 0.717) is 34.6 Å². The van der Waals surface area contributed by atoms with Crippen molar-refractivity contribution in [1.82, 2.24) is 0 Å². The van der Waals surface area contributed by atoms with Gasteiger partial charge in [0.2, 0.25) is 5.75 Å². The molecule has 3 rings (SSSR count). The minimum Gasteiger partial charge on any atom is -0.489 e. The van der Waals surface area contributed by atoms with Gasteiger partial charge >= 0.3 is 62.1 Å². The molecule has 14 N–H and O–H groups in total. The first-order valence-electron chi connectivity index (χ1n) is 25.3. The molecule has 0 aromatic heterocycles. The summed E-state index contributed by atoms with van der Waals surface area (Å²) in [5, 5.41) is 0. The molecule has 3 aromatic rings. The third kappa shape index (κ3) is 42.4. The van der Waals surface area contributed by atoms with E-state index >= 15 is 0 Å². The number of aryl methyl sites for hydroxylation is 1. The van der Waals surface area contributed by atoms with Crippen LogP contribution in [0.3, 0.4) is 0 Å². The Labute approximate surface area is 533 Å². The first kappa shape index (κ1) is 90.1. The average Bonchev–Trinajstić information content (AvgIpc) is 0.780. The summed E-state index contributed by atoms with van der Waals surface area (Å²) in [5.41, 5.74) is 0.0724. The van der Waals surface area contributed by atoms with Gasteiger partial charge in [0, 0.05) is 48.8 Å². The molecular weight excluding hydrogens is 1400 g/mol. The van der Waals surface area contributed by atoms with Crippen LogP contribution < -0.4 is 32.3 Å². The standard InChI is InChI=1S/C22H28O9P2.C10H14O9P2.C10H22O8P2.C6H14O9P2.CH4.H2/c1-6-12-28-20-14-16(30-32(5,23)24)8-10-18(20)22(3,4)19-11-9-17(31-33(25,26)27)15-21(19)29-13-7-2;1-3-4-17-10-8(18-20(11,12)13)5-7(2)6-9(10)19-21(14,15)16;1-4-6-16-7-10(5-2,8-17-19(3,11)12)9-18-20(13,14)15;1-2-3-13-4-6(15-17(10,11)12)5-14-16(7,8)9;;/h6-11,14-15H,1-2,12-13H2,3-5H3,(H,23,24)(H2,25,26,27);3,5-6H,1,4H2,2H3,(H2,11,12,13)(H2,14,15,16);4H,1,5-9H2,2-3H3,(H,11,12)(H2,13,14,15);2,6H,1,3-5H2,(H2,7,8,9)(H2,10,11,12);1H4;1H. The summed E-state index contributed by atoms with van der Waals surface area (Å²) in [6.45, 7) is 25.7. The van der Waals surface area contributed by atoms with Crippen LogP contribution >= 0.6 is 62.1 Å². The third-order valence-electron chi connectivity index (χ3n) is 10.2. The second-order valence-electron chi connectivity index (χ2n) is 18.8. The Kier molecular flexibility index (Phi) is 39.7. The molecule has 0 aliphatic rings. The van der Waals surface area contributed by atoms with Crippen LogP contribution in [0.15, 0.2) is 112 Å². The van der Waals surface area contributed by atoms with Crippen molar-refractivity contribution in [3.8, 4) is 40.2 Å². The number of benzene rings is 3. The molecule has 3 aromatic carbocycles. The van der Waals surface area contributed by atoms with Crippen molar-refractivity contribution >= 4 is 62.1 Å². The fourth-order valence-corrected chi connectivity index (χ4v) is 10.1. The summed E-state index contributed by atoms with van der Waals surface area (Å²) in [6.07, 6.45) is 6.40. The number of phosphoric acid groups is 6. The molecule has 0 fully saturated rings. The van der Waals surface area contributed by atoms with Crippen molar-refractivity contribution in [2.45, 2.75) is 53.1 Å². The Morgan fingerprint density at radius 2 is 0.870 bits per heavy atom. The zero-order valence-electron chi connectivity index (χ0n) is 49.8. The molecule has 530 valence electrons. The van der Waals surface area contributed by atoms with Gasteiger partial charge in [0.1, 0.15) is 48.9 Å². The van der Waals surface area contributed by atoms with Crippen molar-refractivity contribution in [2.24, 2.45) is 5.41 Å². The van der Waals surface area contributed by atoms with Crippen LogP contribution in [0, 0.1) is 12.3 Å². The van der Waals surface area contributed by atoms with Gasteiger partial charge in [-0.1, -0.05) is 90.4 Å². The largest absolute Gasteiger partial charge is 0.524 e. The van der Waals surface area contributed by atoms with Gasteiger partial charge in [-0.2, -0.15) is 0 Å². The summed E-state index contributed by atoms with van der Waals surface area (Å²) < 4.78 is 151. The Bertz CT molecular complexity index is 3070. The smallest absolute Gasteiger partial charge is 0.489 e. The molecule has 0 saturated carbocycles. The molecule has 0 saturated heterocycles. The Morgan fingerprint density at radius 1 is 0.467 bits per heavy atom. The zero-order valence-corrected chi connectivity index (χ0v) is 57.0. The Morgan fingerprint density at radius 3 is 1.24 bits per heavy atom. The lowest BCUT2D eigenvalue weighted by molar-refractivity contribution is -0.0173. The predicted molar refractivity (Wildman–Crippen MR) is 336 cm³/mol. The molecular formula is C49H84O35P8. The SMILES string of the molecule is C.C=CCOCC(CC)(COP(C)(=O)O)COP(=O)(O)O.C=CCOCC(COP(=O)(O)O)OP(=O)(O)O.C=CCOc1c(OP(=O)(O)O)cc(C)cc1OP(=O)(O)O.C=CCOc1cc(OP(C)(=O)O)ccc1C(C)(C)c1ccc(OP(=O)(O)O)cc1OCC=C.[HH]. The van der Waals surface area contributed by atoms with Gasteiger partial charge in [0.05, 0.1) is 46.2 Å². The summed E-state index contributed by atoms with van der Waals surface area (Å²) in [4.78, 5) is 124. The van der Waals surface area contributed by atoms with Crippen LogP contribution in [0.2, 0.25) is 0 Å². The zero-order chi connectivity index (χ0) is 70.5. The van der Waals surface area contributed by atoms with Crippen molar-refractivity contribution in [2.75, 3.05) is 79.4 Å². The van der Waals surface area contributed by atoms with Gasteiger partial charge in [-0.3, -0.25) is 47.5 Å². The highest BCUT2D eigenvalue weighted by Crippen LogP contribution is 2.52. The maximum absolute atomic E-state index is 11.7. The van der Waals surface area contributed by atoms with Crippen LogP contribution in [0.4, 0.5) is 0 Å². The average molecular weight is 1480 g/mol. The molecule has 0 spiro atoms. The molecule has 92 heavy (non-hydrogen) atoms. The number of hydrogen-bond acceptors (Lipinski definition) is 21. The van der Waals surface area contributed by atoms with Gasteiger partial charge in [-0.25, -0.2) is 32.0 Å². The van der Waals surface area contributed by atoms with E-state index in [1.807, 2.05) is 13.8 Å². The lowest BCUT2D eigenvalue weighted by Gasteiger charge is -2.32. The minimum absolute atomic E-state index is 0. The van der Waals surface area contributed by atoms with Crippen LogP contribution in [0.25, 0.3) is 0 Å². The predicted octanol–water partition coefficient (Wildman–Crippen LogP) is 8.50. The molecule has 0 aliphatic heterocycles. The van der Waals surface area contributed by atoms with E-state index < -0.39 is 97.2 Å². The second-order valence-corrected chi connectivity index (χ2v) is 29.6. The topological polar surface area (TPSA) is 540 Å². The summed E-state index contributed by atoms with van der Waals surface area (Å²) in [6, 6.07) is 11.7. The van der Waals surface area contributed by atoms with Crippen molar-refractivity contribution in [3.05, 3.63) is 128 Å². The molecule has 4 unspecified atom stereocenters.